The molecule has 4 amide bonds. The number of nitrogens with one attached hydrogen (secondary N) is 3. The Bertz CT molecular complexity index is 1410. The van der Waals surface area contributed by atoms with Crippen molar-refractivity contribution in [1.29, 1.82) is 0 Å². The van der Waals surface area contributed by atoms with Gasteiger partial charge < -0.3 is 26.0 Å². The number of carbonyl (C=O) groups excluding carboxylic acids is 3. The predicted octanol–water partition coefficient (Wildman–Crippen LogP) is 4.88. The molecule has 8 heteroatoms. The molecule has 0 bridgehead atoms. The molecule has 46 heavy (non-hydrogen) atoms. The number of carbonyl (C=O) groups is 3. The number of urea groups is 1. The van der Waals surface area contributed by atoms with Gasteiger partial charge in [-0.15, -0.1) is 0 Å². The van der Waals surface area contributed by atoms with Gasteiger partial charge in [0.05, 0.1) is 12.1 Å². The van der Waals surface area contributed by atoms with Crippen LogP contribution in [0.4, 0.5) is 4.79 Å². The molecule has 8 nitrogen and oxygen atoms in total. The van der Waals surface area contributed by atoms with Gasteiger partial charge in [-0.25, -0.2) is 4.79 Å². The van der Waals surface area contributed by atoms with Crippen molar-refractivity contribution in [2.75, 3.05) is 13.1 Å². The largest absolute Gasteiger partial charge is 0.391 e. The van der Waals surface area contributed by atoms with Crippen molar-refractivity contribution in [3.63, 3.8) is 0 Å². The number of amides is 4. The van der Waals surface area contributed by atoms with E-state index in [9.17, 15) is 19.5 Å². The zero-order chi connectivity index (χ0) is 33.1. The summed E-state index contributed by atoms with van der Waals surface area (Å²) in [7, 11) is 0. The van der Waals surface area contributed by atoms with Gasteiger partial charge in [-0.3, -0.25) is 9.59 Å². The molecule has 0 radical (unpaired) electrons. The van der Waals surface area contributed by atoms with Crippen molar-refractivity contribution in [1.82, 2.24) is 20.9 Å². The Morgan fingerprint density at radius 3 is 2.07 bits per heavy atom. The third kappa shape index (κ3) is 9.91. The van der Waals surface area contributed by atoms with Crippen molar-refractivity contribution in [3.05, 3.63) is 107 Å². The van der Waals surface area contributed by atoms with Crippen LogP contribution >= 0.6 is 0 Å². The lowest BCUT2D eigenvalue weighted by atomic mass is 9.92. The zero-order valence-corrected chi connectivity index (χ0v) is 27.7. The van der Waals surface area contributed by atoms with Crippen molar-refractivity contribution >= 4 is 17.8 Å². The number of aryl methyl sites for hydroxylation is 2. The first-order chi connectivity index (χ1) is 22.1. The topological polar surface area (TPSA) is 111 Å². The monoisotopic (exact) mass is 626 g/mol. The highest BCUT2D eigenvalue weighted by atomic mass is 16.3. The maximum absolute atomic E-state index is 13.8. The van der Waals surface area contributed by atoms with Crippen molar-refractivity contribution in [2.24, 2.45) is 5.92 Å². The van der Waals surface area contributed by atoms with Crippen molar-refractivity contribution in [2.45, 2.75) is 90.4 Å². The highest BCUT2D eigenvalue weighted by Crippen LogP contribution is 2.19. The molecule has 0 spiro atoms. The van der Waals surface area contributed by atoms with Gasteiger partial charge in [0.2, 0.25) is 11.8 Å². The summed E-state index contributed by atoms with van der Waals surface area (Å²) in [6.45, 7) is 9.12. The summed E-state index contributed by atoms with van der Waals surface area (Å²) in [5.41, 5.74) is 5.52. The van der Waals surface area contributed by atoms with Crippen LogP contribution in [0.3, 0.4) is 0 Å². The predicted molar refractivity (Wildman–Crippen MR) is 182 cm³/mol. The second-order valence-corrected chi connectivity index (χ2v) is 12.9. The third-order valence-electron chi connectivity index (χ3n) is 8.90. The summed E-state index contributed by atoms with van der Waals surface area (Å²) in [6, 6.07) is 24.0. The van der Waals surface area contributed by atoms with Gasteiger partial charge in [-0.2, -0.15) is 0 Å². The molecule has 0 unspecified atom stereocenters. The maximum Gasteiger partial charge on any atom is 0.318 e. The summed E-state index contributed by atoms with van der Waals surface area (Å²) < 4.78 is 0. The number of aliphatic hydroxyl groups is 1. The van der Waals surface area contributed by atoms with Crippen LogP contribution in [0.1, 0.15) is 60.9 Å². The zero-order valence-electron chi connectivity index (χ0n) is 27.7. The Morgan fingerprint density at radius 2 is 1.48 bits per heavy atom. The van der Waals surface area contributed by atoms with Crippen LogP contribution < -0.4 is 16.0 Å². The number of nitrogens with zero attached hydrogens (tertiary/aromatic N) is 1. The fourth-order valence-corrected chi connectivity index (χ4v) is 6.46. The van der Waals surface area contributed by atoms with Crippen LogP contribution in [-0.4, -0.2) is 65.2 Å². The van der Waals surface area contributed by atoms with Gasteiger partial charge in [0.1, 0.15) is 6.04 Å². The standard InChI is InChI=1S/C38H50N4O4/c1-26(2)36(42-22-12-21-39-38(42)46)37(45)40-31(23-29-15-7-5-8-16-29)25-34(43)33(24-30-17-9-6-10-18-30)41-35(44)20-19-32-27(3)13-11-14-28(32)4/h5-11,13-18,26,31,33-34,36,43H,12,19-25H2,1-4H3,(H,39,46)(H,40,45)(H,41,44)/t31-,33-,34-,36-/m1/s1. The number of hydrogen-bond donors (Lipinski definition) is 4. The molecule has 1 heterocycles. The van der Waals surface area contributed by atoms with Gasteiger partial charge in [0.15, 0.2) is 0 Å². The van der Waals surface area contributed by atoms with Gasteiger partial charge in [0.25, 0.3) is 0 Å². The first-order valence-electron chi connectivity index (χ1n) is 16.6. The van der Waals surface area contributed by atoms with E-state index in [0.29, 0.717) is 38.8 Å². The lowest BCUT2D eigenvalue weighted by Crippen LogP contribution is -2.59. The number of aliphatic hydroxyl groups excluding tert-OH is 1. The fourth-order valence-electron chi connectivity index (χ4n) is 6.46. The first kappa shape index (κ1) is 34.7. The molecule has 3 aromatic carbocycles. The first-order valence-corrected chi connectivity index (χ1v) is 16.6. The number of rotatable bonds is 15. The van der Waals surface area contributed by atoms with Gasteiger partial charge in [0, 0.05) is 25.6 Å². The third-order valence-corrected chi connectivity index (χ3v) is 8.90. The number of benzene rings is 3. The van der Waals surface area contributed by atoms with E-state index in [1.807, 2.05) is 80.6 Å². The summed E-state index contributed by atoms with van der Waals surface area (Å²) in [4.78, 5) is 41.5. The Hall–Kier alpha value is -4.17. The molecule has 0 aliphatic carbocycles. The van der Waals surface area contributed by atoms with Crippen LogP contribution in [-0.2, 0) is 28.9 Å². The molecule has 1 saturated heterocycles. The van der Waals surface area contributed by atoms with Crippen LogP contribution in [0.15, 0.2) is 78.9 Å². The lowest BCUT2D eigenvalue weighted by molar-refractivity contribution is -0.128. The maximum atomic E-state index is 13.8. The van der Waals surface area contributed by atoms with Crippen LogP contribution in [0.2, 0.25) is 0 Å². The molecule has 1 aliphatic heterocycles. The Balaban J connectivity index is 1.52. The van der Waals surface area contributed by atoms with E-state index in [2.05, 4.69) is 41.9 Å². The van der Waals surface area contributed by atoms with Gasteiger partial charge in [-0.1, -0.05) is 92.7 Å². The highest BCUT2D eigenvalue weighted by molar-refractivity contribution is 5.87. The van der Waals surface area contributed by atoms with Crippen LogP contribution in [0.5, 0.6) is 0 Å². The Labute approximate surface area is 274 Å². The molecule has 1 fully saturated rings. The average molecular weight is 627 g/mol. The van der Waals surface area contributed by atoms with E-state index in [4.69, 9.17) is 0 Å². The Kier molecular flexibility index (Phi) is 12.8. The molecule has 4 N–H and O–H groups in total. The molecule has 3 aromatic rings. The lowest BCUT2D eigenvalue weighted by Gasteiger charge is -2.37. The van der Waals surface area contributed by atoms with Crippen molar-refractivity contribution in [3.8, 4) is 0 Å². The minimum atomic E-state index is -0.936. The summed E-state index contributed by atoms with van der Waals surface area (Å²) in [5, 5.41) is 20.9. The quantitative estimate of drug-likeness (QED) is 0.193. The molecule has 1 aliphatic rings. The minimum Gasteiger partial charge on any atom is -0.391 e. The van der Waals surface area contributed by atoms with E-state index in [-0.39, 0.29) is 30.2 Å². The fraction of sp³-hybridized carbons (Fsp3) is 0.447. The second-order valence-electron chi connectivity index (χ2n) is 12.9. The second kappa shape index (κ2) is 16.9. The summed E-state index contributed by atoms with van der Waals surface area (Å²) in [6.07, 6.45) is 1.94. The summed E-state index contributed by atoms with van der Waals surface area (Å²) >= 11 is 0. The van der Waals surface area contributed by atoms with E-state index in [1.165, 1.54) is 5.56 Å². The Morgan fingerprint density at radius 1 is 0.870 bits per heavy atom. The SMILES string of the molecule is Cc1cccc(C)c1CCC(=O)N[C@H](Cc1ccccc1)[C@H](O)C[C@@H](Cc1ccccc1)NC(=O)[C@@H](C(C)C)N1CCCNC1=O. The minimum absolute atomic E-state index is 0.104. The van der Waals surface area contributed by atoms with Crippen LogP contribution in [0.25, 0.3) is 0 Å². The molecule has 4 rings (SSSR count). The molecule has 0 aromatic heterocycles. The van der Waals surface area contributed by atoms with Gasteiger partial charge in [-0.05, 0) is 79.7 Å². The number of hydrogen-bond acceptors (Lipinski definition) is 4. The van der Waals surface area contributed by atoms with E-state index in [1.54, 1.807) is 4.90 Å². The molecule has 0 saturated carbocycles. The normalized spacial score (nSPS) is 15.9. The van der Waals surface area contributed by atoms with Crippen LogP contribution in [0, 0.1) is 19.8 Å². The van der Waals surface area contributed by atoms with E-state index >= 15 is 0 Å². The van der Waals surface area contributed by atoms with Gasteiger partial charge >= 0.3 is 6.03 Å². The smallest absolute Gasteiger partial charge is 0.318 e. The highest BCUT2D eigenvalue weighted by Gasteiger charge is 2.35. The summed E-state index contributed by atoms with van der Waals surface area (Å²) in [5.74, 6) is -0.465. The molecule has 4 atom stereocenters. The average Bonchev–Trinajstić information content (AvgIpc) is 3.02. The molecular formula is C38H50N4O4. The van der Waals surface area contributed by atoms with E-state index < -0.39 is 24.2 Å². The molecule has 246 valence electrons. The molecular weight excluding hydrogens is 576 g/mol. The van der Waals surface area contributed by atoms with E-state index in [0.717, 1.165) is 28.7 Å². The van der Waals surface area contributed by atoms with Crippen molar-refractivity contribution < 1.29 is 19.5 Å².